The van der Waals surface area contributed by atoms with E-state index in [1.807, 2.05) is 13.8 Å². The minimum Gasteiger partial charge on any atom is -0.409 e. The number of oxime groups is 1. The van der Waals surface area contributed by atoms with E-state index in [0.29, 0.717) is 5.84 Å². The monoisotopic (exact) mass is 284 g/mol. The fraction of sp³-hybridized carbons (Fsp3) is 0.933. The first kappa shape index (κ1) is 17.2. The summed E-state index contributed by atoms with van der Waals surface area (Å²) in [6.45, 7) is 8.71. The largest absolute Gasteiger partial charge is 0.409 e. The van der Waals surface area contributed by atoms with Crippen LogP contribution in [0.4, 0.5) is 0 Å². The molecule has 0 spiro atoms. The Morgan fingerprint density at radius 3 is 2.85 bits per heavy atom. The molecule has 5 nitrogen and oxygen atoms in total. The minimum absolute atomic E-state index is 0.208. The molecule has 1 saturated heterocycles. The maximum atomic E-state index is 8.72. The highest BCUT2D eigenvalue weighted by atomic mass is 16.4. The number of hydrogen-bond acceptors (Lipinski definition) is 4. The first-order chi connectivity index (χ1) is 9.45. The van der Waals surface area contributed by atoms with Crippen LogP contribution in [-0.4, -0.2) is 49.2 Å². The van der Waals surface area contributed by atoms with Crippen molar-refractivity contribution >= 4 is 5.84 Å². The number of nitrogens with zero attached hydrogens (tertiary/aromatic N) is 2. The summed E-state index contributed by atoms with van der Waals surface area (Å²) in [7, 11) is 2.21. The van der Waals surface area contributed by atoms with E-state index in [2.05, 4.69) is 22.4 Å². The van der Waals surface area contributed by atoms with Crippen LogP contribution < -0.4 is 11.1 Å². The van der Waals surface area contributed by atoms with E-state index in [0.717, 1.165) is 38.3 Å². The summed E-state index contributed by atoms with van der Waals surface area (Å²) in [4.78, 5) is 2.43. The maximum absolute atomic E-state index is 8.72. The number of unbranched alkanes of at least 4 members (excludes halogenated alkanes) is 1. The average Bonchev–Trinajstić information content (AvgIpc) is 2.41. The van der Waals surface area contributed by atoms with Crippen molar-refractivity contribution in [2.45, 2.75) is 46.0 Å². The van der Waals surface area contributed by atoms with Gasteiger partial charge in [0.05, 0.1) is 0 Å². The van der Waals surface area contributed by atoms with Gasteiger partial charge in [-0.1, -0.05) is 25.4 Å². The Hall–Kier alpha value is -0.810. The molecule has 5 heteroatoms. The standard InChI is InChI=1S/C15H32N4O/c1-15(2,14(16)18-20)8-4-5-9-17-11-13-7-6-10-19(3)12-13/h13,17,20H,4-12H2,1-3H3,(H2,16,18). The van der Waals surface area contributed by atoms with Crippen LogP contribution in [0.1, 0.15) is 46.0 Å². The van der Waals surface area contributed by atoms with Gasteiger partial charge >= 0.3 is 0 Å². The van der Waals surface area contributed by atoms with Gasteiger partial charge in [-0.05, 0) is 58.3 Å². The molecule has 1 fully saturated rings. The van der Waals surface area contributed by atoms with Crippen LogP contribution in [0.2, 0.25) is 0 Å². The molecule has 1 aliphatic rings. The zero-order valence-corrected chi connectivity index (χ0v) is 13.4. The number of likely N-dealkylation sites (tertiary alicyclic amines) is 1. The van der Waals surface area contributed by atoms with Gasteiger partial charge in [-0.3, -0.25) is 0 Å². The summed E-state index contributed by atoms with van der Waals surface area (Å²) in [5.74, 6) is 1.14. The summed E-state index contributed by atoms with van der Waals surface area (Å²) in [6.07, 6.45) is 5.88. The van der Waals surface area contributed by atoms with Gasteiger partial charge in [0.15, 0.2) is 0 Å². The van der Waals surface area contributed by atoms with E-state index in [1.165, 1.54) is 25.9 Å². The lowest BCUT2D eigenvalue weighted by atomic mass is 9.86. The molecule has 1 unspecified atom stereocenters. The molecule has 1 heterocycles. The van der Waals surface area contributed by atoms with Crippen LogP contribution in [0, 0.1) is 11.3 Å². The zero-order valence-electron chi connectivity index (χ0n) is 13.4. The molecule has 0 saturated carbocycles. The van der Waals surface area contributed by atoms with Gasteiger partial charge in [0.1, 0.15) is 5.84 Å². The second kappa shape index (κ2) is 8.47. The third kappa shape index (κ3) is 6.09. The first-order valence-corrected chi connectivity index (χ1v) is 7.83. The number of nitrogens with two attached hydrogens (primary N) is 1. The molecule has 0 aromatic carbocycles. The molecular weight excluding hydrogens is 252 g/mol. The third-order valence-electron chi connectivity index (χ3n) is 4.36. The van der Waals surface area contributed by atoms with Crippen LogP contribution in [0.3, 0.4) is 0 Å². The normalized spacial score (nSPS) is 22.1. The molecule has 0 aromatic rings. The van der Waals surface area contributed by atoms with Crippen molar-refractivity contribution < 1.29 is 5.21 Å². The van der Waals surface area contributed by atoms with Crippen molar-refractivity contribution in [3.63, 3.8) is 0 Å². The third-order valence-corrected chi connectivity index (χ3v) is 4.36. The fourth-order valence-electron chi connectivity index (χ4n) is 2.83. The summed E-state index contributed by atoms with van der Waals surface area (Å²) in [5, 5.41) is 15.4. The van der Waals surface area contributed by atoms with Gasteiger partial charge in [-0.25, -0.2) is 0 Å². The molecule has 0 aromatic heterocycles. The summed E-state index contributed by atoms with van der Waals surface area (Å²) >= 11 is 0. The Morgan fingerprint density at radius 2 is 2.20 bits per heavy atom. The molecule has 0 aliphatic carbocycles. The number of rotatable bonds is 8. The lowest BCUT2D eigenvalue weighted by molar-refractivity contribution is 0.206. The van der Waals surface area contributed by atoms with Gasteiger partial charge in [0.2, 0.25) is 0 Å². The van der Waals surface area contributed by atoms with Crippen molar-refractivity contribution in [2.24, 2.45) is 22.2 Å². The van der Waals surface area contributed by atoms with Gasteiger partial charge in [0, 0.05) is 12.0 Å². The second-order valence-corrected chi connectivity index (χ2v) is 6.80. The predicted octanol–water partition coefficient (Wildman–Crippen LogP) is 1.86. The van der Waals surface area contributed by atoms with Crippen LogP contribution in [0.5, 0.6) is 0 Å². The van der Waals surface area contributed by atoms with E-state index < -0.39 is 0 Å². The van der Waals surface area contributed by atoms with Crippen molar-refractivity contribution in [2.75, 3.05) is 33.2 Å². The molecule has 1 aliphatic heterocycles. The van der Waals surface area contributed by atoms with Crippen molar-refractivity contribution in [1.82, 2.24) is 10.2 Å². The molecule has 0 radical (unpaired) electrons. The van der Waals surface area contributed by atoms with Crippen molar-refractivity contribution in [3.05, 3.63) is 0 Å². The van der Waals surface area contributed by atoms with E-state index in [1.54, 1.807) is 0 Å². The van der Waals surface area contributed by atoms with Gasteiger partial charge in [-0.2, -0.15) is 0 Å². The molecule has 4 N–H and O–H groups in total. The lowest BCUT2D eigenvalue weighted by Crippen LogP contribution is -2.37. The lowest BCUT2D eigenvalue weighted by Gasteiger charge is -2.29. The van der Waals surface area contributed by atoms with Crippen molar-refractivity contribution in [3.8, 4) is 0 Å². The Balaban J connectivity index is 2.05. The zero-order chi connectivity index (χ0) is 15.0. The fourth-order valence-corrected chi connectivity index (χ4v) is 2.83. The van der Waals surface area contributed by atoms with E-state index in [-0.39, 0.29) is 5.41 Å². The Bertz CT molecular complexity index is 304. The number of hydrogen-bond donors (Lipinski definition) is 3. The minimum atomic E-state index is -0.208. The molecule has 1 rings (SSSR count). The molecule has 1 atom stereocenters. The molecule has 118 valence electrons. The van der Waals surface area contributed by atoms with Gasteiger partial charge in [0.25, 0.3) is 0 Å². The highest BCUT2D eigenvalue weighted by Crippen LogP contribution is 2.23. The molecule has 20 heavy (non-hydrogen) atoms. The summed E-state index contributed by atoms with van der Waals surface area (Å²) < 4.78 is 0. The second-order valence-electron chi connectivity index (χ2n) is 6.80. The summed E-state index contributed by atoms with van der Waals surface area (Å²) in [6, 6.07) is 0. The molecule has 0 bridgehead atoms. The van der Waals surface area contributed by atoms with E-state index in [9.17, 15) is 0 Å². The number of piperidine rings is 1. The van der Waals surface area contributed by atoms with Gasteiger partial charge < -0.3 is 21.2 Å². The highest BCUT2D eigenvalue weighted by Gasteiger charge is 2.22. The average molecular weight is 284 g/mol. The SMILES string of the molecule is CN1CCCC(CNCCCCC(C)(C)C(N)=NO)C1. The van der Waals surface area contributed by atoms with E-state index >= 15 is 0 Å². The van der Waals surface area contributed by atoms with Crippen LogP contribution in [0.25, 0.3) is 0 Å². The van der Waals surface area contributed by atoms with Crippen molar-refractivity contribution in [1.29, 1.82) is 0 Å². The summed E-state index contributed by atoms with van der Waals surface area (Å²) in [5.41, 5.74) is 5.47. The topological polar surface area (TPSA) is 73.9 Å². The van der Waals surface area contributed by atoms with Crippen LogP contribution in [-0.2, 0) is 0 Å². The maximum Gasteiger partial charge on any atom is 0.144 e. The van der Waals surface area contributed by atoms with E-state index in [4.69, 9.17) is 10.9 Å². The Kier molecular flexibility index (Phi) is 7.30. The number of amidine groups is 1. The Morgan fingerprint density at radius 1 is 1.45 bits per heavy atom. The Labute approximate surface area is 123 Å². The van der Waals surface area contributed by atoms with Gasteiger partial charge in [-0.15, -0.1) is 0 Å². The highest BCUT2D eigenvalue weighted by molar-refractivity contribution is 5.85. The predicted molar refractivity (Wildman–Crippen MR) is 84.1 cm³/mol. The first-order valence-electron chi connectivity index (χ1n) is 7.83. The van der Waals surface area contributed by atoms with Crippen LogP contribution >= 0.6 is 0 Å². The van der Waals surface area contributed by atoms with Crippen LogP contribution in [0.15, 0.2) is 5.16 Å². The quantitative estimate of drug-likeness (QED) is 0.209. The number of nitrogens with one attached hydrogen (secondary N) is 1. The smallest absolute Gasteiger partial charge is 0.144 e. The molecule has 0 amide bonds. The molecular formula is C15H32N4O.